The SMILES string of the molecule is CCCNc1ncc(Br)c(NC2(C)CCCCC2)n1. The zero-order valence-electron chi connectivity index (χ0n) is 11.8. The van der Waals surface area contributed by atoms with Crippen molar-refractivity contribution in [1.29, 1.82) is 0 Å². The summed E-state index contributed by atoms with van der Waals surface area (Å²) in [7, 11) is 0. The molecule has 1 saturated carbocycles. The number of rotatable bonds is 5. The van der Waals surface area contributed by atoms with Crippen LogP contribution in [0.25, 0.3) is 0 Å². The highest BCUT2D eigenvalue weighted by atomic mass is 79.9. The molecule has 1 heterocycles. The summed E-state index contributed by atoms with van der Waals surface area (Å²) in [4.78, 5) is 8.85. The first-order valence-corrected chi connectivity index (χ1v) is 7.97. The van der Waals surface area contributed by atoms with E-state index in [2.05, 4.69) is 50.4 Å². The Morgan fingerprint density at radius 1 is 1.32 bits per heavy atom. The van der Waals surface area contributed by atoms with E-state index in [9.17, 15) is 0 Å². The average molecular weight is 327 g/mol. The maximum absolute atomic E-state index is 4.57. The molecule has 1 aromatic rings. The van der Waals surface area contributed by atoms with Crippen molar-refractivity contribution in [3.8, 4) is 0 Å². The van der Waals surface area contributed by atoms with Crippen LogP contribution in [0.4, 0.5) is 11.8 Å². The number of halogens is 1. The summed E-state index contributed by atoms with van der Waals surface area (Å²) in [5, 5.41) is 6.83. The minimum Gasteiger partial charge on any atom is -0.364 e. The molecule has 1 aliphatic rings. The van der Waals surface area contributed by atoms with E-state index < -0.39 is 0 Å². The van der Waals surface area contributed by atoms with Crippen LogP contribution in [-0.4, -0.2) is 22.1 Å². The van der Waals surface area contributed by atoms with Gasteiger partial charge in [-0.3, -0.25) is 0 Å². The zero-order chi connectivity index (χ0) is 13.7. The normalized spacial score (nSPS) is 18.1. The van der Waals surface area contributed by atoms with Gasteiger partial charge in [-0.1, -0.05) is 26.2 Å². The first-order valence-electron chi connectivity index (χ1n) is 7.17. The van der Waals surface area contributed by atoms with E-state index in [0.29, 0.717) is 5.95 Å². The van der Waals surface area contributed by atoms with Gasteiger partial charge < -0.3 is 10.6 Å². The Labute approximate surface area is 123 Å². The molecule has 1 aliphatic carbocycles. The third kappa shape index (κ3) is 4.06. The molecular weight excluding hydrogens is 304 g/mol. The Morgan fingerprint density at radius 3 is 2.74 bits per heavy atom. The number of aromatic nitrogens is 2. The van der Waals surface area contributed by atoms with E-state index in [1.54, 1.807) is 0 Å². The summed E-state index contributed by atoms with van der Waals surface area (Å²) >= 11 is 3.53. The topological polar surface area (TPSA) is 49.8 Å². The smallest absolute Gasteiger partial charge is 0.224 e. The number of anilines is 2. The fourth-order valence-corrected chi connectivity index (χ4v) is 2.81. The minimum atomic E-state index is 0.164. The Kier molecular flexibility index (Phi) is 5.02. The Morgan fingerprint density at radius 2 is 2.05 bits per heavy atom. The molecule has 106 valence electrons. The fraction of sp³-hybridized carbons (Fsp3) is 0.714. The highest BCUT2D eigenvalue weighted by Crippen LogP contribution is 2.33. The second-order valence-electron chi connectivity index (χ2n) is 5.56. The quantitative estimate of drug-likeness (QED) is 0.851. The van der Waals surface area contributed by atoms with Crippen molar-refractivity contribution in [1.82, 2.24) is 9.97 Å². The lowest BCUT2D eigenvalue weighted by atomic mass is 9.83. The molecule has 1 fully saturated rings. The van der Waals surface area contributed by atoms with E-state index in [0.717, 1.165) is 23.3 Å². The van der Waals surface area contributed by atoms with Crippen LogP contribution in [0.2, 0.25) is 0 Å². The lowest BCUT2D eigenvalue weighted by Crippen LogP contribution is -2.37. The predicted octanol–water partition coefficient (Wildman–Crippen LogP) is 4.20. The van der Waals surface area contributed by atoms with Gasteiger partial charge in [0.15, 0.2) is 0 Å². The van der Waals surface area contributed by atoms with E-state index in [4.69, 9.17) is 0 Å². The number of hydrogen-bond donors (Lipinski definition) is 2. The van der Waals surface area contributed by atoms with Gasteiger partial charge in [0.25, 0.3) is 0 Å². The van der Waals surface area contributed by atoms with Gasteiger partial charge in [0, 0.05) is 18.3 Å². The van der Waals surface area contributed by atoms with Crippen molar-refractivity contribution >= 4 is 27.7 Å². The summed E-state index contributed by atoms with van der Waals surface area (Å²) in [6, 6.07) is 0. The molecule has 4 nitrogen and oxygen atoms in total. The highest BCUT2D eigenvalue weighted by Gasteiger charge is 2.27. The van der Waals surface area contributed by atoms with Crippen LogP contribution in [-0.2, 0) is 0 Å². The largest absolute Gasteiger partial charge is 0.364 e. The summed E-state index contributed by atoms with van der Waals surface area (Å²) in [5.74, 6) is 1.60. The molecule has 19 heavy (non-hydrogen) atoms. The minimum absolute atomic E-state index is 0.164. The van der Waals surface area contributed by atoms with Gasteiger partial charge in [-0.2, -0.15) is 4.98 Å². The van der Waals surface area contributed by atoms with Crippen LogP contribution in [0.1, 0.15) is 52.4 Å². The summed E-state index contributed by atoms with van der Waals surface area (Å²) in [6.07, 6.45) is 9.26. The van der Waals surface area contributed by atoms with Crippen LogP contribution < -0.4 is 10.6 Å². The van der Waals surface area contributed by atoms with Gasteiger partial charge in [0.1, 0.15) is 5.82 Å². The molecule has 2 rings (SSSR count). The van der Waals surface area contributed by atoms with Gasteiger partial charge in [-0.25, -0.2) is 4.98 Å². The third-order valence-electron chi connectivity index (χ3n) is 3.65. The molecule has 0 aromatic carbocycles. The van der Waals surface area contributed by atoms with Crippen molar-refractivity contribution in [2.75, 3.05) is 17.2 Å². The molecule has 0 saturated heterocycles. The van der Waals surface area contributed by atoms with Crippen LogP contribution >= 0.6 is 15.9 Å². The fourth-order valence-electron chi connectivity index (χ4n) is 2.52. The Bertz CT molecular complexity index is 416. The van der Waals surface area contributed by atoms with Gasteiger partial charge >= 0.3 is 0 Å². The Balaban J connectivity index is 2.09. The maximum Gasteiger partial charge on any atom is 0.224 e. The number of nitrogens with one attached hydrogen (secondary N) is 2. The van der Waals surface area contributed by atoms with Gasteiger partial charge in [-0.05, 0) is 42.1 Å². The maximum atomic E-state index is 4.57. The van der Waals surface area contributed by atoms with E-state index in [1.165, 1.54) is 32.1 Å². The number of nitrogens with zero attached hydrogens (tertiary/aromatic N) is 2. The third-order valence-corrected chi connectivity index (χ3v) is 4.23. The lowest BCUT2D eigenvalue weighted by molar-refractivity contribution is 0.348. The first kappa shape index (κ1) is 14.6. The zero-order valence-corrected chi connectivity index (χ0v) is 13.4. The summed E-state index contributed by atoms with van der Waals surface area (Å²) in [5.41, 5.74) is 0.164. The average Bonchev–Trinajstić information content (AvgIpc) is 2.40. The molecule has 5 heteroatoms. The van der Waals surface area contributed by atoms with Crippen molar-refractivity contribution < 1.29 is 0 Å². The first-order chi connectivity index (χ1) is 9.13. The summed E-state index contributed by atoms with van der Waals surface area (Å²) in [6.45, 7) is 5.33. The highest BCUT2D eigenvalue weighted by molar-refractivity contribution is 9.10. The lowest BCUT2D eigenvalue weighted by Gasteiger charge is -2.35. The molecule has 0 unspecified atom stereocenters. The van der Waals surface area contributed by atoms with E-state index in [1.807, 2.05) is 6.20 Å². The van der Waals surface area contributed by atoms with Gasteiger partial charge in [-0.15, -0.1) is 0 Å². The number of hydrogen-bond acceptors (Lipinski definition) is 4. The summed E-state index contributed by atoms with van der Waals surface area (Å²) < 4.78 is 0.932. The van der Waals surface area contributed by atoms with Gasteiger partial charge in [0.2, 0.25) is 5.95 Å². The molecule has 0 bridgehead atoms. The van der Waals surface area contributed by atoms with E-state index >= 15 is 0 Å². The van der Waals surface area contributed by atoms with Crippen molar-refractivity contribution in [3.63, 3.8) is 0 Å². The monoisotopic (exact) mass is 326 g/mol. The molecular formula is C14H23BrN4. The molecule has 0 atom stereocenters. The Hall–Kier alpha value is -0.840. The van der Waals surface area contributed by atoms with Crippen LogP contribution in [0, 0.1) is 0 Å². The van der Waals surface area contributed by atoms with Gasteiger partial charge in [0.05, 0.1) is 4.47 Å². The van der Waals surface area contributed by atoms with Crippen molar-refractivity contribution in [2.45, 2.75) is 57.9 Å². The molecule has 0 aliphatic heterocycles. The molecule has 2 N–H and O–H groups in total. The van der Waals surface area contributed by atoms with Crippen LogP contribution in [0.3, 0.4) is 0 Å². The standard InChI is InChI=1S/C14H23BrN4/c1-3-9-16-13-17-10-11(15)12(18-13)19-14(2)7-5-4-6-8-14/h10H,3-9H2,1-2H3,(H2,16,17,18,19). The second-order valence-corrected chi connectivity index (χ2v) is 6.42. The predicted molar refractivity (Wildman–Crippen MR) is 83.6 cm³/mol. The van der Waals surface area contributed by atoms with Crippen LogP contribution in [0.15, 0.2) is 10.7 Å². The van der Waals surface area contributed by atoms with Crippen molar-refractivity contribution in [3.05, 3.63) is 10.7 Å². The molecule has 0 spiro atoms. The molecule has 0 radical (unpaired) electrons. The van der Waals surface area contributed by atoms with Crippen LogP contribution in [0.5, 0.6) is 0 Å². The molecule has 0 amide bonds. The van der Waals surface area contributed by atoms with Crippen molar-refractivity contribution in [2.24, 2.45) is 0 Å². The second kappa shape index (κ2) is 6.55. The van der Waals surface area contributed by atoms with E-state index in [-0.39, 0.29) is 5.54 Å². The molecule has 1 aromatic heterocycles.